The second-order valence-electron chi connectivity index (χ2n) is 7.71. The Morgan fingerprint density at radius 1 is 1.14 bits per heavy atom. The minimum Gasteiger partial charge on any atom is -0.369 e. The van der Waals surface area contributed by atoms with E-state index in [0.717, 1.165) is 42.7 Å². The largest absolute Gasteiger partial charge is 0.369 e. The fraction of sp³-hybridized carbons (Fsp3) is 0.333. The molecule has 1 aliphatic rings. The van der Waals surface area contributed by atoms with Crippen LogP contribution in [0.1, 0.15) is 27.7 Å². The van der Waals surface area contributed by atoms with Crippen LogP contribution in [0.5, 0.6) is 0 Å². The molecule has 0 aliphatic carbocycles. The highest BCUT2D eigenvalue weighted by molar-refractivity contribution is 6.06. The van der Waals surface area contributed by atoms with Crippen molar-refractivity contribution in [3.8, 4) is 0 Å². The lowest BCUT2D eigenvalue weighted by Gasteiger charge is -2.33. The molecule has 2 heterocycles. The molecule has 4 rings (SSSR count). The Kier molecular flexibility index (Phi) is 5.88. The van der Waals surface area contributed by atoms with E-state index in [1.807, 2.05) is 36.4 Å². The van der Waals surface area contributed by atoms with Gasteiger partial charge < -0.3 is 9.64 Å². The normalized spacial score (nSPS) is 17.4. The first-order valence-electron chi connectivity index (χ1n) is 10.1. The van der Waals surface area contributed by atoms with Crippen molar-refractivity contribution < 1.29 is 9.53 Å². The van der Waals surface area contributed by atoms with E-state index in [4.69, 9.17) is 9.72 Å². The molecule has 3 aromatic rings. The summed E-state index contributed by atoms with van der Waals surface area (Å²) in [5.74, 6) is -0.0124. The number of amides is 1. The molecule has 29 heavy (non-hydrogen) atoms. The zero-order chi connectivity index (χ0) is 20.2. The number of nitrogens with zero attached hydrogens (tertiary/aromatic N) is 3. The van der Waals surface area contributed by atoms with Crippen molar-refractivity contribution in [1.82, 2.24) is 14.8 Å². The molecule has 1 unspecified atom stereocenters. The van der Waals surface area contributed by atoms with Gasteiger partial charge in [-0.1, -0.05) is 48.5 Å². The molecule has 0 radical (unpaired) electrons. The maximum Gasteiger partial charge on any atom is 0.254 e. The Morgan fingerprint density at radius 3 is 2.69 bits per heavy atom. The highest BCUT2D eigenvalue weighted by Gasteiger charge is 2.25. The number of para-hydroxylation sites is 1. The van der Waals surface area contributed by atoms with Crippen molar-refractivity contribution in [3.05, 3.63) is 77.5 Å². The summed E-state index contributed by atoms with van der Waals surface area (Å²) in [4.78, 5) is 21.6. The molecule has 1 fully saturated rings. The van der Waals surface area contributed by atoms with Gasteiger partial charge in [0.1, 0.15) is 6.10 Å². The molecule has 0 bridgehead atoms. The van der Waals surface area contributed by atoms with Crippen LogP contribution in [0.4, 0.5) is 0 Å². The zero-order valence-electron chi connectivity index (χ0n) is 17.0. The highest BCUT2D eigenvalue weighted by atomic mass is 16.5. The highest BCUT2D eigenvalue weighted by Crippen LogP contribution is 2.26. The van der Waals surface area contributed by atoms with Gasteiger partial charge in [-0.3, -0.25) is 9.69 Å². The van der Waals surface area contributed by atoms with Crippen molar-refractivity contribution in [2.45, 2.75) is 12.5 Å². The van der Waals surface area contributed by atoms with Gasteiger partial charge in [0.15, 0.2) is 0 Å². The van der Waals surface area contributed by atoms with E-state index in [0.29, 0.717) is 12.2 Å². The lowest BCUT2D eigenvalue weighted by Crippen LogP contribution is -2.39. The molecule has 2 aromatic carbocycles. The molecule has 5 nitrogen and oxygen atoms in total. The van der Waals surface area contributed by atoms with Gasteiger partial charge in [0, 0.05) is 39.1 Å². The quantitative estimate of drug-likeness (QED) is 0.669. The van der Waals surface area contributed by atoms with Crippen molar-refractivity contribution in [3.63, 3.8) is 0 Å². The van der Waals surface area contributed by atoms with Crippen LogP contribution >= 0.6 is 0 Å². The summed E-state index contributed by atoms with van der Waals surface area (Å²) in [7, 11) is 3.55. The first-order chi connectivity index (χ1) is 14.1. The third-order valence-electron chi connectivity index (χ3n) is 5.41. The Hall–Kier alpha value is -2.76. The number of aromatic nitrogens is 1. The fourth-order valence-electron chi connectivity index (χ4n) is 3.80. The predicted molar refractivity (Wildman–Crippen MR) is 115 cm³/mol. The average molecular weight is 389 g/mol. The summed E-state index contributed by atoms with van der Waals surface area (Å²) in [6.07, 6.45) is 0.890. The summed E-state index contributed by atoms with van der Waals surface area (Å²) in [5.41, 5.74) is 3.69. The maximum atomic E-state index is 12.8. The summed E-state index contributed by atoms with van der Waals surface area (Å²) in [5, 5.41) is 0.881. The Bertz CT molecular complexity index is 988. The van der Waals surface area contributed by atoms with Crippen LogP contribution in [0.15, 0.2) is 60.7 Å². The second kappa shape index (κ2) is 8.72. The number of benzene rings is 2. The summed E-state index contributed by atoms with van der Waals surface area (Å²) >= 11 is 0. The molecule has 1 aliphatic heterocycles. The first-order valence-corrected chi connectivity index (χ1v) is 10.1. The van der Waals surface area contributed by atoms with Crippen LogP contribution in [-0.2, 0) is 11.2 Å². The SMILES string of the molecule is CN(C)C(=O)c1cc(C2CN(CCc3ccccc3)CCO2)nc2ccccc12. The van der Waals surface area contributed by atoms with E-state index in [2.05, 4.69) is 29.2 Å². The zero-order valence-corrected chi connectivity index (χ0v) is 17.0. The van der Waals surface area contributed by atoms with E-state index in [9.17, 15) is 4.79 Å². The topological polar surface area (TPSA) is 45.7 Å². The summed E-state index contributed by atoms with van der Waals surface area (Å²) in [6.45, 7) is 3.36. The van der Waals surface area contributed by atoms with Gasteiger partial charge in [0.2, 0.25) is 0 Å². The molecular weight excluding hydrogens is 362 g/mol. The summed E-state index contributed by atoms with van der Waals surface area (Å²) in [6, 6.07) is 20.3. The molecule has 1 saturated heterocycles. The number of carbonyl (C=O) groups excluding carboxylic acids is 1. The lowest BCUT2D eigenvalue weighted by molar-refractivity contribution is -0.0315. The van der Waals surface area contributed by atoms with Crippen LogP contribution in [0.25, 0.3) is 10.9 Å². The number of pyridine rings is 1. The average Bonchev–Trinajstić information content (AvgIpc) is 2.77. The number of morpholine rings is 1. The molecule has 0 saturated carbocycles. The van der Waals surface area contributed by atoms with Crippen LogP contribution in [0, 0.1) is 0 Å². The minimum atomic E-state index is -0.127. The number of carbonyl (C=O) groups is 1. The number of fused-ring (bicyclic) bond motifs is 1. The van der Waals surface area contributed by atoms with Gasteiger partial charge in [0.05, 0.1) is 23.4 Å². The molecule has 1 aromatic heterocycles. The van der Waals surface area contributed by atoms with Gasteiger partial charge in [-0.2, -0.15) is 0 Å². The van der Waals surface area contributed by atoms with Crippen LogP contribution in [0.3, 0.4) is 0 Å². The molecule has 0 N–H and O–H groups in total. The van der Waals surface area contributed by atoms with E-state index < -0.39 is 0 Å². The van der Waals surface area contributed by atoms with Gasteiger partial charge in [0.25, 0.3) is 5.91 Å². The van der Waals surface area contributed by atoms with Crippen LogP contribution in [-0.4, -0.2) is 61.0 Å². The third-order valence-corrected chi connectivity index (χ3v) is 5.41. The Balaban J connectivity index is 1.56. The smallest absolute Gasteiger partial charge is 0.254 e. The van der Waals surface area contributed by atoms with Crippen LogP contribution < -0.4 is 0 Å². The van der Waals surface area contributed by atoms with Crippen LogP contribution in [0.2, 0.25) is 0 Å². The van der Waals surface area contributed by atoms with Crippen molar-refractivity contribution >= 4 is 16.8 Å². The van der Waals surface area contributed by atoms with Gasteiger partial charge >= 0.3 is 0 Å². The Labute approximate surface area is 171 Å². The third kappa shape index (κ3) is 4.47. The molecule has 0 spiro atoms. The lowest BCUT2D eigenvalue weighted by atomic mass is 10.0. The maximum absolute atomic E-state index is 12.8. The van der Waals surface area contributed by atoms with E-state index in [-0.39, 0.29) is 12.0 Å². The van der Waals surface area contributed by atoms with Crippen molar-refractivity contribution in [1.29, 1.82) is 0 Å². The van der Waals surface area contributed by atoms with Gasteiger partial charge in [-0.15, -0.1) is 0 Å². The minimum absolute atomic E-state index is 0.0124. The monoisotopic (exact) mass is 389 g/mol. The number of hydrogen-bond acceptors (Lipinski definition) is 4. The molecule has 5 heteroatoms. The Morgan fingerprint density at radius 2 is 1.90 bits per heavy atom. The summed E-state index contributed by atoms with van der Waals surface area (Å²) < 4.78 is 6.06. The van der Waals surface area contributed by atoms with Gasteiger partial charge in [-0.05, 0) is 24.1 Å². The number of rotatable bonds is 5. The van der Waals surface area contributed by atoms with E-state index in [1.165, 1.54) is 5.56 Å². The standard InChI is InChI=1S/C24H27N3O2/c1-26(2)24(28)20-16-22(25-21-11-7-6-10-19(20)21)23-17-27(14-15-29-23)13-12-18-8-4-3-5-9-18/h3-11,16,23H,12-15,17H2,1-2H3. The number of hydrogen-bond donors (Lipinski definition) is 0. The molecule has 1 amide bonds. The molecule has 1 atom stereocenters. The van der Waals surface area contributed by atoms with E-state index in [1.54, 1.807) is 19.0 Å². The van der Waals surface area contributed by atoms with Crippen molar-refractivity contribution in [2.24, 2.45) is 0 Å². The first kappa shape index (κ1) is 19.6. The molecular formula is C24H27N3O2. The molecule has 150 valence electrons. The fourth-order valence-corrected chi connectivity index (χ4v) is 3.80. The predicted octanol–water partition coefficient (Wildman–Crippen LogP) is 3.55. The van der Waals surface area contributed by atoms with E-state index >= 15 is 0 Å². The van der Waals surface area contributed by atoms with Crippen molar-refractivity contribution in [2.75, 3.05) is 40.3 Å². The second-order valence-corrected chi connectivity index (χ2v) is 7.71. The number of ether oxygens (including phenoxy) is 1. The van der Waals surface area contributed by atoms with Gasteiger partial charge in [-0.25, -0.2) is 4.98 Å².